The van der Waals surface area contributed by atoms with Crippen molar-refractivity contribution in [3.8, 4) is 0 Å². The van der Waals surface area contributed by atoms with Gasteiger partial charge in [0.05, 0.1) is 21.0 Å². The first-order chi connectivity index (χ1) is 8.61. The maximum absolute atomic E-state index is 12.5. The Bertz CT molecular complexity index is 478. The van der Waals surface area contributed by atoms with Crippen LogP contribution in [0.5, 0.6) is 0 Å². The van der Waals surface area contributed by atoms with Crippen LogP contribution in [0, 0.1) is 10.1 Å². The van der Waals surface area contributed by atoms with E-state index in [-0.39, 0.29) is 17.0 Å². The third-order valence-electron chi connectivity index (χ3n) is 3.31. The molecule has 0 radical (unpaired) electrons. The Balaban J connectivity index is 2.30. The molecule has 3 atom stereocenters. The molecule has 0 saturated heterocycles. The molecule has 0 bridgehead atoms. The van der Waals surface area contributed by atoms with Crippen LogP contribution in [0.15, 0.2) is 29.2 Å². The average molecular weight is 268 g/mol. The van der Waals surface area contributed by atoms with Crippen molar-refractivity contribution in [1.29, 1.82) is 0 Å². The number of hydrogen-bond donors (Lipinski definition) is 1. The number of rotatable bonds is 3. The normalized spacial score (nSPS) is 25.6. The van der Waals surface area contributed by atoms with Gasteiger partial charge in [0.25, 0.3) is 5.69 Å². The Kier molecular flexibility index (Phi) is 4.08. The summed E-state index contributed by atoms with van der Waals surface area (Å²) in [6, 6.07) is 6.09. The second kappa shape index (κ2) is 5.58. The van der Waals surface area contributed by atoms with Crippen molar-refractivity contribution >= 4 is 16.5 Å². The minimum atomic E-state index is -1.40. The molecule has 1 saturated carbocycles. The van der Waals surface area contributed by atoms with Crippen molar-refractivity contribution < 1.29 is 9.13 Å². The number of nitro groups is 1. The van der Waals surface area contributed by atoms with Crippen LogP contribution in [0.1, 0.15) is 25.7 Å². The summed E-state index contributed by atoms with van der Waals surface area (Å²) in [7, 11) is -1.40. The lowest BCUT2D eigenvalue weighted by Gasteiger charge is -2.27. The van der Waals surface area contributed by atoms with Crippen LogP contribution < -0.4 is 5.73 Å². The summed E-state index contributed by atoms with van der Waals surface area (Å²) in [4.78, 5) is 10.7. The molecule has 2 rings (SSSR count). The highest BCUT2D eigenvalue weighted by molar-refractivity contribution is 7.86. The second-order valence-corrected chi connectivity index (χ2v) is 6.15. The van der Waals surface area contributed by atoms with E-state index in [2.05, 4.69) is 0 Å². The predicted molar refractivity (Wildman–Crippen MR) is 69.7 cm³/mol. The van der Waals surface area contributed by atoms with Crippen molar-refractivity contribution in [2.45, 2.75) is 41.9 Å². The molecule has 1 aliphatic carbocycles. The van der Waals surface area contributed by atoms with Gasteiger partial charge in [0.2, 0.25) is 0 Å². The van der Waals surface area contributed by atoms with E-state index in [1.165, 1.54) is 6.07 Å². The molecular weight excluding hydrogens is 252 g/mol. The number of nitro benzene ring substituents is 1. The number of hydrogen-bond acceptors (Lipinski definition) is 4. The van der Waals surface area contributed by atoms with Gasteiger partial charge in [-0.15, -0.1) is 0 Å². The summed E-state index contributed by atoms with van der Waals surface area (Å²) in [5.74, 6) is 0. The lowest BCUT2D eigenvalue weighted by Crippen LogP contribution is -2.40. The molecular formula is C12H16N2O3S. The van der Waals surface area contributed by atoms with Gasteiger partial charge in [-0.2, -0.15) is 0 Å². The Hall–Kier alpha value is -1.27. The molecule has 1 fully saturated rings. The molecule has 98 valence electrons. The standard InChI is InChI=1S/C12H16N2O3S/c13-9-5-1-3-7-11(9)18(17)12-8-4-2-6-10(12)14(15)16/h2,4,6,8-9,11H,1,3,5,7,13H2. The van der Waals surface area contributed by atoms with Crippen molar-refractivity contribution in [2.24, 2.45) is 5.73 Å². The second-order valence-electron chi connectivity index (χ2n) is 4.51. The zero-order valence-corrected chi connectivity index (χ0v) is 10.8. The SMILES string of the molecule is NC1CCCCC1S(=O)c1ccccc1[N+](=O)[O-]. The summed E-state index contributed by atoms with van der Waals surface area (Å²) in [6.45, 7) is 0. The summed E-state index contributed by atoms with van der Waals surface area (Å²) in [6.07, 6.45) is 3.66. The van der Waals surface area contributed by atoms with Crippen molar-refractivity contribution in [1.82, 2.24) is 0 Å². The largest absolute Gasteiger partial charge is 0.327 e. The molecule has 1 aromatic carbocycles. The molecule has 1 aromatic rings. The molecule has 1 aliphatic rings. The quantitative estimate of drug-likeness (QED) is 0.670. The fraction of sp³-hybridized carbons (Fsp3) is 0.500. The van der Waals surface area contributed by atoms with Crippen LogP contribution in [0.4, 0.5) is 5.69 Å². The summed E-state index contributed by atoms with van der Waals surface area (Å²) >= 11 is 0. The van der Waals surface area contributed by atoms with E-state index in [4.69, 9.17) is 5.73 Å². The number of nitrogens with zero attached hydrogens (tertiary/aromatic N) is 1. The fourth-order valence-corrected chi connectivity index (χ4v) is 4.05. The van der Waals surface area contributed by atoms with Crippen LogP contribution in [0.3, 0.4) is 0 Å². The number of nitrogens with two attached hydrogens (primary N) is 1. The summed E-state index contributed by atoms with van der Waals surface area (Å²) < 4.78 is 12.5. The van der Waals surface area contributed by atoms with Crippen molar-refractivity contribution in [3.05, 3.63) is 34.4 Å². The topological polar surface area (TPSA) is 86.2 Å². The molecule has 0 spiro atoms. The van der Waals surface area contributed by atoms with Crippen molar-refractivity contribution in [3.63, 3.8) is 0 Å². The van der Waals surface area contributed by atoms with Crippen LogP contribution in [0.2, 0.25) is 0 Å². The van der Waals surface area contributed by atoms with E-state index in [1.807, 2.05) is 0 Å². The van der Waals surface area contributed by atoms with E-state index >= 15 is 0 Å². The zero-order chi connectivity index (χ0) is 13.1. The van der Waals surface area contributed by atoms with Gasteiger partial charge >= 0.3 is 0 Å². The third-order valence-corrected chi connectivity index (χ3v) is 5.22. The van der Waals surface area contributed by atoms with Crippen molar-refractivity contribution in [2.75, 3.05) is 0 Å². The Morgan fingerprint density at radius 2 is 1.94 bits per heavy atom. The maximum atomic E-state index is 12.5. The molecule has 6 heteroatoms. The first-order valence-electron chi connectivity index (χ1n) is 6.01. The van der Waals surface area contributed by atoms with Crippen LogP contribution >= 0.6 is 0 Å². The van der Waals surface area contributed by atoms with Gasteiger partial charge in [0.1, 0.15) is 4.90 Å². The van der Waals surface area contributed by atoms with Gasteiger partial charge < -0.3 is 5.73 Å². The minimum Gasteiger partial charge on any atom is -0.327 e. The number of para-hydroxylation sites is 1. The highest BCUT2D eigenvalue weighted by Gasteiger charge is 2.31. The van der Waals surface area contributed by atoms with Crippen LogP contribution in [0.25, 0.3) is 0 Å². The lowest BCUT2D eigenvalue weighted by molar-refractivity contribution is -0.387. The fourth-order valence-electron chi connectivity index (χ4n) is 2.33. The first-order valence-corrected chi connectivity index (χ1v) is 7.22. The Labute approximate surface area is 108 Å². The molecule has 18 heavy (non-hydrogen) atoms. The average Bonchev–Trinajstić information content (AvgIpc) is 2.38. The molecule has 0 aliphatic heterocycles. The maximum Gasteiger partial charge on any atom is 0.285 e. The van der Waals surface area contributed by atoms with Crippen LogP contribution in [-0.2, 0) is 10.8 Å². The molecule has 5 nitrogen and oxygen atoms in total. The van der Waals surface area contributed by atoms with Gasteiger partial charge in [-0.05, 0) is 18.9 Å². The van der Waals surface area contributed by atoms with Gasteiger partial charge in [0.15, 0.2) is 0 Å². The predicted octanol–water partition coefficient (Wildman–Crippen LogP) is 1.97. The van der Waals surface area contributed by atoms with E-state index < -0.39 is 15.7 Å². The highest BCUT2D eigenvalue weighted by Crippen LogP contribution is 2.29. The van der Waals surface area contributed by atoms with E-state index in [0.717, 1.165) is 25.7 Å². The van der Waals surface area contributed by atoms with Gasteiger partial charge in [-0.25, -0.2) is 0 Å². The molecule has 2 N–H and O–H groups in total. The van der Waals surface area contributed by atoms with E-state index in [1.54, 1.807) is 18.2 Å². The molecule has 0 aromatic heterocycles. The van der Waals surface area contributed by atoms with Gasteiger partial charge in [-0.1, -0.05) is 25.0 Å². The van der Waals surface area contributed by atoms with Crippen LogP contribution in [-0.4, -0.2) is 20.4 Å². The Morgan fingerprint density at radius 3 is 2.61 bits per heavy atom. The molecule has 0 heterocycles. The summed E-state index contributed by atoms with van der Waals surface area (Å²) in [5.41, 5.74) is 5.91. The van der Waals surface area contributed by atoms with E-state index in [9.17, 15) is 14.3 Å². The number of benzene rings is 1. The molecule has 3 unspecified atom stereocenters. The third kappa shape index (κ3) is 2.59. The van der Waals surface area contributed by atoms with E-state index in [0.29, 0.717) is 4.90 Å². The lowest BCUT2D eigenvalue weighted by atomic mass is 9.96. The monoisotopic (exact) mass is 268 g/mol. The smallest absolute Gasteiger partial charge is 0.285 e. The molecule has 0 amide bonds. The van der Waals surface area contributed by atoms with Gasteiger partial charge in [-0.3, -0.25) is 14.3 Å². The zero-order valence-electron chi connectivity index (χ0n) is 9.95. The highest BCUT2D eigenvalue weighted by atomic mass is 32.2. The first kappa shape index (κ1) is 13.2. The summed E-state index contributed by atoms with van der Waals surface area (Å²) in [5, 5.41) is 10.8. The Morgan fingerprint density at radius 1 is 1.28 bits per heavy atom. The minimum absolute atomic E-state index is 0.0754. The van der Waals surface area contributed by atoms with Gasteiger partial charge in [0, 0.05) is 12.1 Å².